The van der Waals surface area contributed by atoms with Gasteiger partial charge in [0.1, 0.15) is 0 Å². The summed E-state index contributed by atoms with van der Waals surface area (Å²) in [6.07, 6.45) is 17.7. The van der Waals surface area contributed by atoms with Crippen molar-refractivity contribution in [3.05, 3.63) is 0 Å². The minimum Gasteiger partial charge on any atom is -0.325 e. The SMILES string of the molecule is CC1(N)SC(C)(C2CCCCCCCC2)CCCCCC1N.Cl.Cl. The summed E-state index contributed by atoms with van der Waals surface area (Å²) in [6.45, 7) is 4.68. The van der Waals surface area contributed by atoms with Crippen LogP contribution in [0.15, 0.2) is 0 Å². The van der Waals surface area contributed by atoms with E-state index in [-0.39, 0.29) is 35.7 Å². The number of hydrogen-bond acceptors (Lipinski definition) is 3. The molecule has 0 bridgehead atoms. The minimum atomic E-state index is -0.280. The zero-order valence-corrected chi connectivity index (χ0v) is 18.2. The fraction of sp³-hybridized carbons (Fsp3) is 1.00. The van der Waals surface area contributed by atoms with E-state index >= 15 is 0 Å². The van der Waals surface area contributed by atoms with Gasteiger partial charge in [0.25, 0.3) is 0 Å². The van der Waals surface area contributed by atoms with Gasteiger partial charge < -0.3 is 11.5 Å². The van der Waals surface area contributed by atoms with E-state index in [1.165, 1.54) is 77.0 Å². The second-order valence-electron chi connectivity index (χ2n) is 8.20. The Balaban J connectivity index is 0.00000264. The van der Waals surface area contributed by atoms with Gasteiger partial charge in [-0.3, -0.25) is 0 Å². The Morgan fingerprint density at radius 2 is 1.21 bits per heavy atom. The van der Waals surface area contributed by atoms with Crippen molar-refractivity contribution in [3.8, 4) is 0 Å². The molecule has 146 valence electrons. The highest BCUT2D eigenvalue weighted by molar-refractivity contribution is 8.02. The van der Waals surface area contributed by atoms with E-state index in [1.807, 2.05) is 11.8 Å². The van der Waals surface area contributed by atoms with Crippen LogP contribution in [0.5, 0.6) is 0 Å². The van der Waals surface area contributed by atoms with E-state index < -0.39 is 0 Å². The van der Waals surface area contributed by atoms with Crippen molar-refractivity contribution >= 4 is 36.6 Å². The van der Waals surface area contributed by atoms with Crippen LogP contribution in [0.4, 0.5) is 0 Å². The molecular formula is C19H40Cl2N2S. The van der Waals surface area contributed by atoms with Crippen LogP contribution >= 0.6 is 36.6 Å². The van der Waals surface area contributed by atoms with Crippen molar-refractivity contribution in [1.82, 2.24) is 0 Å². The van der Waals surface area contributed by atoms with E-state index in [9.17, 15) is 0 Å². The van der Waals surface area contributed by atoms with Crippen molar-refractivity contribution in [2.24, 2.45) is 17.4 Å². The van der Waals surface area contributed by atoms with Crippen LogP contribution in [-0.2, 0) is 0 Å². The van der Waals surface area contributed by atoms with Gasteiger partial charge in [-0.2, -0.15) is 0 Å². The number of rotatable bonds is 1. The van der Waals surface area contributed by atoms with E-state index in [4.69, 9.17) is 11.5 Å². The predicted molar refractivity (Wildman–Crippen MR) is 115 cm³/mol. The Kier molecular flexibility index (Phi) is 11.9. The number of hydrogen-bond donors (Lipinski definition) is 2. The fourth-order valence-electron chi connectivity index (χ4n) is 4.46. The minimum absolute atomic E-state index is 0. The van der Waals surface area contributed by atoms with Crippen molar-refractivity contribution < 1.29 is 0 Å². The second kappa shape index (κ2) is 11.5. The lowest BCUT2D eigenvalue weighted by atomic mass is 9.81. The topological polar surface area (TPSA) is 52.0 Å². The molecular weight excluding hydrogens is 359 g/mol. The van der Waals surface area contributed by atoms with Gasteiger partial charge in [0.05, 0.1) is 4.87 Å². The molecule has 5 heteroatoms. The largest absolute Gasteiger partial charge is 0.325 e. The van der Waals surface area contributed by atoms with Gasteiger partial charge >= 0.3 is 0 Å². The summed E-state index contributed by atoms with van der Waals surface area (Å²) < 4.78 is 0.315. The molecule has 0 aromatic heterocycles. The molecule has 3 unspecified atom stereocenters. The quantitative estimate of drug-likeness (QED) is 0.565. The molecule has 0 radical (unpaired) electrons. The smallest absolute Gasteiger partial charge is 0.0750 e. The molecule has 1 saturated carbocycles. The van der Waals surface area contributed by atoms with Crippen LogP contribution in [0.25, 0.3) is 0 Å². The van der Waals surface area contributed by atoms with E-state index in [1.54, 1.807) is 0 Å². The summed E-state index contributed by atoms with van der Waals surface area (Å²) in [5.74, 6) is 0.823. The maximum atomic E-state index is 6.68. The molecule has 24 heavy (non-hydrogen) atoms. The molecule has 4 N–H and O–H groups in total. The fourth-order valence-corrected chi connectivity index (χ4v) is 6.39. The highest BCUT2D eigenvalue weighted by Gasteiger charge is 2.42. The Morgan fingerprint density at radius 3 is 1.79 bits per heavy atom. The van der Waals surface area contributed by atoms with E-state index in [2.05, 4.69) is 13.8 Å². The number of thioether (sulfide) groups is 1. The average molecular weight is 400 g/mol. The number of nitrogens with two attached hydrogens (primary N) is 2. The summed E-state index contributed by atoms with van der Waals surface area (Å²) in [4.78, 5) is -0.280. The van der Waals surface area contributed by atoms with Crippen molar-refractivity contribution in [2.45, 2.75) is 113 Å². The zero-order valence-electron chi connectivity index (χ0n) is 15.7. The second-order valence-corrected chi connectivity index (χ2v) is 10.2. The summed E-state index contributed by atoms with van der Waals surface area (Å²) in [7, 11) is 0. The molecule has 3 atom stereocenters. The van der Waals surface area contributed by atoms with Gasteiger partial charge in [-0.15, -0.1) is 36.6 Å². The van der Waals surface area contributed by atoms with Gasteiger partial charge in [0.15, 0.2) is 0 Å². The Labute approximate surface area is 166 Å². The molecule has 2 fully saturated rings. The first kappa shape index (κ1) is 24.8. The highest BCUT2D eigenvalue weighted by Crippen LogP contribution is 2.48. The van der Waals surface area contributed by atoms with Crippen molar-refractivity contribution in [3.63, 3.8) is 0 Å². The summed E-state index contributed by atoms with van der Waals surface area (Å²) in [5, 5.41) is 0. The lowest BCUT2D eigenvalue weighted by Gasteiger charge is -2.44. The molecule has 0 aromatic carbocycles. The standard InChI is InChI=1S/C19H38N2S.2ClH/c1-18(16-12-8-5-3-4-6-9-13-16)15-11-7-10-14-17(20)19(2,21)22-18;;/h16-17H,3-15,20-21H2,1-2H3;2*1H. The molecule has 0 spiro atoms. The Hall–Kier alpha value is 0.850. The molecule has 1 heterocycles. The maximum absolute atomic E-state index is 6.68. The molecule has 0 aromatic rings. The lowest BCUT2D eigenvalue weighted by molar-refractivity contribution is 0.314. The highest BCUT2D eigenvalue weighted by atomic mass is 35.5. The van der Waals surface area contributed by atoms with Crippen LogP contribution in [0.1, 0.15) is 97.3 Å². The zero-order chi connectivity index (χ0) is 16.1. The van der Waals surface area contributed by atoms with Gasteiger partial charge in [-0.05, 0) is 38.5 Å². The normalized spacial score (nSPS) is 37.2. The van der Waals surface area contributed by atoms with Gasteiger partial charge in [0.2, 0.25) is 0 Å². The molecule has 1 saturated heterocycles. The third kappa shape index (κ3) is 7.23. The average Bonchev–Trinajstić information content (AvgIpc) is 2.61. The van der Waals surface area contributed by atoms with Crippen LogP contribution in [0.3, 0.4) is 0 Å². The lowest BCUT2D eigenvalue weighted by Crippen LogP contribution is -2.53. The Bertz CT molecular complexity index is 331. The molecule has 2 nitrogen and oxygen atoms in total. The predicted octanol–water partition coefficient (Wildman–Crippen LogP) is 6.04. The third-order valence-corrected chi connectivity index (χ3v) is 7.84. The Morgan fingerprint density at radius 1 is 0.750 bits per heavy atom. The molecule has 2 rings (SSSR count). The molecule has 1 aliphatic heterocycles. The molecule has 0 amide bonds. The van der Waals surface area contributed by atoms with E-state index in [0.717, 1.165) is 12.3 Å². The first-order valence-electron chi connectivity index (χ1n) is 9.69. The van der Waals surface area contributed by atoms with Crippen LogP contribution < -0.4 is 11.5 Å². The maximum Gasteiger partial charge on any atom is 0.0750 e. The first-order chi connectivity index (χ1) is 10.4. The van der Waals surface area contributed by atoms with Gasteiger partial charge in [-0.1, -0.05) is 64.7 Å². The molecule has 2 aliphatic rings. The third-order valence-electron chi connectivity index (χ3n) is 6.10. The van der Waals surface area contributed by atoms with E-state index in [0.29, 0.717) is 4.75 Å². The summed E-state index contributed by atoms with van der Waals surface area (Å²) in [5.41, 5.74) is 13.1. The first-order valence-corrected chi connectivity index (χ1v) is 10.5. The summed E-state index contributed by atoms with van der Waals surface area (Å²) in [6, 6.07) is 0.131. The van der Waals surface area contributed by atoms with Crippen LogP contribution in [0.2, 0.25) is 0 Å². The van der Waals surface area contributed by atoms with Gasteiger partial charge in [-0.25, -0.2) is 0 Å². The monoisotopic (exact) mass is 398 g/mol. The van der Waals surface area contributed by atoms with Crippen molar-refractivity contribution in [1.29, 1.82) is 0 Å². The van der Waals surface area contributed by atoms with Crippen LogP contribution in [-0.4, -0.2) is 15.7 Å². The van der Waals surface area contributed by atoms with Crippen LogP contribution in [0, 0.1) is 5.92 Å². The van der Waals surface area contributed by atoms with Crippen molar-refractivity contribution in [2.75, 3.05) is 0 Å². The number of halogens is 2. The van der Waals surface area contributed by atoms with Gasteiger partial charge in [0, 0.05) is 10.8 Å². The molecule has 1 aliphatic carbocycles. The summed E-state index contributed by atoms with van der Waals surface area (Å²) >= 11 is 2.03.